The lowest BCUT2D eigenvalue weighted by molar-refractivity contribution is -0.121. The molecule has 0 saturated heterocycles. The Morgan fingerprint density at radius 2 is 1.84 bits per heavy atom. The number of para-hydroxylation sites is 1. The van der Waals surface area contributed by atoms with E-state index in [0.29, 0.717) is 23.0 Å². The van der Waals surface area contributed by atoms with Crippen LogP contribution in [0.15, 0.2) is 45.6 Å². The van der Waals surface area contributed by atoms with Gasteiger partial charge in [0.2, 0.25) is 5.43 Å². The van der Waals surface area contributed by atoms with Gasteiger partial charge < -0.3 is 9.15 Å². The van der Waals surface area contributed by atoms with E-state index >= 15 is 0 Å². The molecule has 0 amide bonds. The van der Waals surface area contributed by atoms with Crippen LogP contribution < -0.4 is 10.2 Å². The third-order valence-corrected chi connectivity index (χ3v) is 5.84. The number of hydrogen-bond donors (Lipinski definition) is 0. The van der Waals surface area contributed by atoms with E-state index in [1.54, 1.807) is 31.2 Å². The van der Waals surface area contributed by atoms with Gasteiger partial charge in [-0.2, -0.15) is 0 Å². The number of ether oxygens (including phenoxy) is 1. The van der Waals surface area contributed by atoms with Crippen LogP contribution in [0.25, 0.3) is 11.0 Å². The molecular formula is C23H16Cl2O6. The Bertz CT molecular complexity index is 1270. The molecule has 2 atom stereocenters. The molecule has 0 spiro atoms. The molecule has 0 N–H and O–H groups in total. The lowest BCUT2D eigenvalue weighted by atomic mass is 9.82. The van der Waals surface area contributed by atoms with Crippen molar-refractivity contribution in [1.29, 1.82) is 0 Å². The van der Waals surface area contributed by atoms with Crippen molar-refractivity contribution in [3.8, 4) is 5.75 Å². The number of fused-ring (bicyclic) bond motifs is 2. The van der Waals surface area contributed by atoms with Crippen LogP contribution in [0.5, 0.6) is 5.75 Å². The Morgan fingerprint density at radius 1 is 1.16 bits per heavy atom. The van der Waals surface area contributed by atoms with Gasteiger partial charge in [-0.05, 0) is 31.2 Å². The molecule has 2 unspecified atom stereocenters. The molecule has 0 saturated carbocycles. The molecule has 0 radical (unpaired) electrons. The number of rotatable bonds is 5. The fourth-order valence-electron chi connectivity index (χ4n) is 3.78. The Kier molecular flexibility index (Phi) is 5.69. The molecule has 0 bridgehead atoms. The zero-order chi connectivity index (χ0) is 22.3. The maximum Gasteiger partial charge on any atom is 0.203 e. The molecule has 0 fully saturated rings. The van der Waals surface area contributed by atoms with Gasteiger partial charge in [-0.3, -0.25) is 19.2 Å². The molecule has 1 aliphatic rings. The van der Waals surface area contributed by atoms with E-state index in [-0.39, 0.29) is 45.6 Å². The lowest BCUT2D eigenvalue weighted by Gasteiger charge is -2.25. The molecule has 4 rings (SSSR count). The van der Waals surface area contributed by atoms with Gasteiger partial charge >= 0.3 is 0 Å². The van der Waals surface area contributed by atoms with Gasteiger partial charge in [0.05, 0.1) is 39.4 Å². The van der Waals surface area contributed by atoms with Crippen LogP contribution in [0, 0.1) is 0 Å². The summed E-state index contributed by atoms with van der Waals surface area (Å²) < 4.78 is 11.7. The number of carbonyl (C=O) groups excluding carboxylic acids is 3. The van der Waals surface area contributed by atoms with E-state index in [1.165, 1.54) is 12.1 Å². The summed E-state index contributed by atoms with van der Waals surface area (Å²) in [6, 6.07) is 9.52. The first kappa shape index (κ1) is 21.3. The Morgan fingerprint density at radius 3 is 2.52 bits per heavy atom. The second-order valence-electron chi connectivity index (χ2n) is 7.37. The second kappa shape index (κ2) is 8.29. The van der Waals surface area contributed by atoms with Crippen LogP contribution in [-0.2, 0) is 4.79 Å². The molecular weight excluding hydrogens is 443 g/mol. The Labute approximate surface area is 186 Å². The minimum absolute atomic E-state index is 0.0723. The smallest absolute Gasteiger partial charge is 0.203 e. The first-order valence-corrected chi connectivity index (χ1v) is 10.3. The number of hydrogen-bond acceptors (Lipinski definition) is 6. The van der Waals surface area contributed by atoms with Crippen molar-refractivity contribution >= 4 is 52.0 Å². The quantitative estimate of drug-likeness (QED) is 0.394. The maximum atomic E-state index is 12.9. The predicted octanol–water partition coefficient (Wildman–Crippen LogP) is 5.01. The summed E-state index contributed by atoms with van der Waals surface area (Å²) in [6.45, 7) is 1.73. The van der Waals surface area contributed by atoms with Gasteiger partial charge in [-0.15, -0.1) is 0 Å². The molecule has 31 heavy (non-hydrogen) atoms. The highest BCUT2D eigenvalue weighted by molar-refractivity contribution is 6.38. The van der Waals surface area contributed by atoms with E-state index < -0.39 is 23.2 Å². The van der Waals surface area contributed by atoms with Crippen LogP contribution in [-0.4, -0.2) is 24.0 Å². The third-order valence-electron chi connectivity index (χ3n) is 5.22. The topological polar surface area (TPSA) is 90.7 Å². The van der Waals surface area contributed by atoms with Crippen LogP contribution in [0.3, 0.4) is 0 Å². The van der Waals surface area contributed by atoms with Crippen molar-refractivity contribution in [2.75, 3.05) is 0 Å². The molecule has 1 aliphatic carbocycles. The van der Waals surface area contributed by atoms with Gasteiger partial charge in [-0.1, -0.05) is 35.3 Å². The number of carbonyl (C=O) groups is 3. The van der Waals surface area contributed by atoms with Gasteiger partial charge in [0.1, 0.15) is 22.7 Å². The molecule has 2 aromatic carbocycles. The molecule has 8 heteroatoms. The molecule has 1 heterocycles. The second-order valence-corrected chi connectivity index (χ2v) is 8.18. The van der Waals surface area contributed by atoms with Crippen molar-refractivity contribution in [3.05, 3.63) is 73.6 Å². The summed E-state index contributed by atoms with van der Waals surface area (Å²) in [7, 11) is 0. The maximum absolute atomic E-state index is 12.9. The van der Waals surface area contributed by atoms with Crippen molar-refractivity contribution in [2.24, 2.45) is 0 Å². The Balaban J connectivity index is 1.67. The lowest BCUT2D eigenvalue weighted by Crippen LogP contribution is -2.33. The highest BCUT2D eigenvalue weighted by Crippen LogP contribution is 2.35. The van der Waals surface area contributed by atoms with Crippen molar-refractivity contribution in [2.45, 2.75) is 31.8 Å². The number of aldehydes is 1. The standard InChI is InChI=1S/C23H16Cl2O6/c1-11(30-12-7-16(24)15(10-26)17(25)8-12)6-14-18(27)9-19(28)21-22(29)13-4-2-3-5-20(13)31-23(14)21/h2-5,7-8,10-11,14H,6,9H2,1H3. The minimum atomic E-state index is -0.805. The number of halogens is 2. The summed E-state index contributed by atoms with van der Waals surface area (Å²) in [6.07, 6.45) is -0.149. The van der Waals surface area contributed by atoms with E-state index in [1.807, 2.05) is 0 Å². The highest BCUT2D eigenvalue weighted by Gasteiger charge is 2.38. The summed E-state index contributed by atoms with van der Waals surface area (Å²) >= 11 is 12.1. The zero-order valence-corrected chi connectivity index (χ0v) is 17.8. The third kappa shape index (κ3) is 3.89. The van der Waals surface area contributed by atoms with Crippen molar-refractivity contribution < 1.29 is 23.5 Å². The SMILES string of the molecule is CC(CC1C(=O)CC(=O)c2c1oc1ccccc1c2=O)Oc1cc(Cl)c(C=O)c(Cl)c1. The molecule has 6 nitrogen and oxygen atoms in total. The number of Topliss-reactive ketones (excluding diaryl/α,β-unsaturated/α-hetero) is 2. The van der Waals surface area contributed by atoms with E-state index in [2.05, 4.69) is 0 Å². The first-order valence-electron chi connectivity index (χ1n) is 9.52. The van der Waals surface area contributed by atoms with Crippen LogP contribution >= 0.6 is 23.2 Å². The van der Waals surface area contributed by atoms with Crippen LogP contribution in [0.1, 0.15) is 52.2 Å². The van der Waals surface area contributed by atoms with Crippen molar-refractivity contribution in [3.63, 3.8) is 0 Å². The Hall–Kier alpha value is -2.96. The number of benzene rings is 2. The van der Waals surface area contributed by atoms with Gasteiger partial charge in [0.15, 0.2) is 17.9 Å². The van der Waals surface area contributed by atoms with Gasteiger partial charge in [-0.25, -0.2) is 0 Å². The van der Waals surface area contributed by atoms with E-state index in [0.717, 1.165) is 0 Å². The van der Waals surface area contributed by atoms with Crippen LogP contribution in [0.2, 0.25) is 10.0 Å². The van der Waals surface area contributed by atoms with E-state index in [4.69, 9.17) is 32.4 Å². The monoisotopic (exact) mass is 458 g/mol. The average molecular weight is 459 g/mol. The summed E-state index contributed by atoms with van der Waals surface area (Å²) in [5, 5.41) is 0.588. The van der Waals surface area contributed by atoms with Crippen molar-refractivity contribution in [1.82, 2.24) is 0 Å². The normalized spacial score (nSPS) is 16.8. The fraction of sp³-hybridized carbons (Fsp3) is 0.217. The number of ketones is 2. The fourth-order valence-corrected chi connectivity index (χ4v) is 4.33. The van der Waals surface area contributed by atoms with Gasteiger partial charge in [0.25, 0.3) is 0 Å². The largest absolute Gasteiger partial charge is 0.491 e. The van der Waals surface area contributed by atoms with E-state index in [9.17, 15) is 19.2 Å². The summed E-state index contributed by atoms with van der Waals surface area (Å²) in [5.74, 6) is -1.27. The molecule has 1 aromatic heterocycles. The highest BCUT2D eigenvalue weighted by atomic mass is 35.5. The van der Waals surface area contributed by atoms with Crippen LogP contribution in [0.4, 0.5) is 0 Å². The minimum Gasteiger partial charge on any atom is -0.491 e. The van der Waals surface area contributed by atoms with Gasteiger partial charge in [0, 0.05) is 6.42 Å². The zero-order valence-electron chi connectivity index (χ0n) is 16.3. The molecule has 0 aliphatic heterocycles. The summed E-state index contributed by atoms with van der Waals surface area (Å²) in [4.78, 5) is 49.0. The molecule has 3 aromatic rings. The average Bonchev–Trinajstić information content (AvgIpc) is 2.70. The molecule has 158 valence electrons. The predicted molar refractivity (Wildman–Crippen MR) is 116 cm³/mol. The summed E-state index contributed by atoms with van der Waals surface area (Å²) in [5.41, 5.74) is -0.0323. The first-order chi connectivity index (χ1) is 14.8.